The summed E-state index contributed by atoms with van der Waals surface area (Å²) in [4.78, 5) is 39.4. The van der Waals surface area contributed by atoms with Gasteiger partial charge in [-0.25, -0.2) is 4.79 Å². The number of aromatic amines is 1. The molecule has 0 aliphatic rings. The van der Waals surface area contributed by atoms with Gasteiger partial charge in [0.1, 0.15) is 0 Å². The summed E-state index contributed by atoms with van der Waals surface area (Å²) in [5.41, 5.74) is -0.953. The zero-order valence-electron chi connectivity index (χ0n) is 12.1. The van der Waals surface area contributed by atoms with Crippen LogP contribution in [0.3, 0.4) is 0 Å². The fraction of sp³-hybridized carbons (Fsp3) is 0.357. The van der Waals surface area contributed by atoms with E-state index >= 15 is 0 Å². The second kappa shape index (κ2) is 5.53. The van der Waals surface area contributed by atoms with Crippen LogP contribution in [-0.2, 0) is 6.54 Å². The van der Waals surface area contributed by atoms with E-state index in [1.54, 1.807) is 12.1 Å². The Bertz CT molecular complexity index is 804. The number of hydrogen-bond acceptors (Lipinski definition) is 4. The second-order valence-corrected chi connectivity index (χ2v) is 5.19. The van der Waals surface area contributed by atoms with Crippen LogP contribution in [0.25, 0.3) is 11.0 Å². The number of nitrogens with zero attached hydrogens (tertiary/aromatic N) is 2. The van der Waals surface area contributed by atoms with Gasteiger partial charge in [0.25, 0.3) is 0 Å². The van der Waals surface area contributed by atoms with Crippen LogP contribution in [0.5, 0.6) is 0 Å². The van der Waals surface area contributed by atoms with E-state index < -0.39 is 17.1 Å². The monoisotopic (exact) mass is 291 g/mol. The Morgan fingerprint density at radius 1 is 1.38 bits per heavy atom. The zero-order valence-corrected chi connectivity index (χ0v) is 12.1. The van der Waals surface area contributed by atoms with Crippen LogP contribution < -0.4 is 11.1 Å². The summed E-state index contributed by atoms with van der Waals surface area (Å²) < 4.78 is 1.32. The minimum atomic E-state index is -1.15. The Balaban J connectivity index is 2.77. The largest absolute Gasteiger partial charge is 0.478 e. The van der Waals surface area contributed by atoms with E-state index in [0.717, 1.165) is 0 Å². The van der Waals surface area contributed by atoms with Crippen molar-refractivity contribution in [3.05, 3.63) is 44.5 Å². The molecule has 0 aliphatic carbocycles. The van der Waals surface area contributed by atoms with Gasteiger partial charge in [-0.05, 0) is 33.2 Å². The van der Waals surface area contributed by atoms with Crippen molar-refractivity contribution in [1.82, 2.24) is 14.5 Å². The number of carbonyl (C=O) groups is 1. The number of hydrogen-bond donors (Lipinski definition) is 2. The highest BCUT2D eigenvalue weighted by Gasteiger charge is 2.16. The molecular formula is C14H17N3O4. The van der Waals surface area contributed by atoms with Gasteiger partial charge >= 0.3 is 17.1 Å². The molecule has 2 aromatic rings. The van der Waals surface area contributed by atoms with E-state index in [2.05, 4.69) is 4.98 Å². The third-order valence-electron chi connectivity index (χ3n) is 3.57. The predicted molar refractivity (Wildman–Crippen MR) is 78.9 cm³/mol. The highest BCUT2D eigenvalue weighted by molar-refractivity contribution is 6.00. The van der Waals surface area contributed by atoms with Gasteiger partial charge in [-0.2, -0.15) is 0 Å². The first kappa shape index (κ1) is 15.0. The summed E-state index contributed by atoms with van der Waals surface area (Å²) in [6, 6.07) is 4.59. The van der Waals surface area contributed by atoms with Crippen molar-refractivity contribution in [2.75, 3.05) is 14.1 Å². The van der Waals surface area contributed by atoms with E-state index in [-0.39, 0.29) is 17.1 Å². The van der Waals surface area contributed by atoms with Gasteiger partial charge in [0.05, 0.1) is 16.6 Å². The molecule has 0 bridgehead atoms. The van der Waals surface area contributed by atoms with Crippen LogP contribution in [0, 0.1) is 0 Å². The van der Waals surface area contributed by atoms with Crippen molar-refractivity contribution >= 4 is 17.0 Å². The van der Waals surface area contributed by atoms with E-state index in [1.165, 1.54) is 10.6 Å². The van der Waals surface area contributed by atoms with Gasteiger partial charge in [-0.1, -0.05) is 6.07 Å². The van der Waals surface area contributed by atoms with Crippen molar-refractivity contribution in [1.29, 1.82) is 0 Å². The molecule has 1 aromatic heterocycles. The molecule has 0 aliphatic heterocycles. The van der Waals surface area contributed by atoms with Gasteiger partial charge in [0, 0.05) is 12.6 Å². The number of carboxylic acid groups (broad SMARTS) is 1. The average Bonchev–Trinajstić information content (AvgIpc) is 2.42. The predicted octanol–water partition coefficient (Wildman–Crippen LogP) is 0.338. The zero-order chi connectivity index (χ0) is 15.7. The molecule has 0 amide bonds. The molecule has 0 fully saturated rings. The quantitative estimate of drug-likeness (QED) is 0.792. The summed E-state index contributed by atoms with van der Waals surface area (Å²) in [7, 11) is 3.74. The van der Waals surface area contributed by atoms with E-state index in [4.69, 9.17) is 0 Å². The van der Waals surface area contributed by atoms with E-state index in [0.29, 0.717) is 12.1 Å². The summed E-state index contributed by atoms with van der Waals surface area (Å²) in [5, 5.41) is 9.19. The highest BCUT2D eigenvalue weighted by Crippen LogP contribution is 2.14. The summed E-state index contributed by atoms with van der Waals surface area (Å²) >= 11 is 0. The van der Waals surface area contributed by atoms with Crippen LogP contribution in [-0.4, -0.2) is 45.7 Å². The Labute approximate surface area is 120 Å². The Morgan fingerprint density at radius 3 is 2.62 bits per heavy atom. The number of aromatic nitrogens is 2. The number of rotatable bonds is 4. The number of aromatic carboxylic acids is 1. The van der Waals surface area contributed by atoms with Crippen LogP contribution in [0.2, 0.25) is 0 Å². The molecule has 7 nitrogen and oxygen atoms in total. The second-order valence-electron chi connectivity index (χ2n) is 5.19. The van der Waals surface area contributed by atoms with Gasteiger partial charge in [0.2, 0.25) is 0 Å². The Kier molecular flexibility index (Phi) is 3.95. The molecule has 0 radical (unpaired) electrons. The molecule has 1 aromatic carbocycles. The topological polar surface area (TPSA) is 95.4 Å². The molecule has 1 unspecified atom stereocenters. The number of nitrogens with one attached hydrogen (secondary N) is 1. The molecule has 0 saturated heterocycles. The van der Waals surface area contributed by atoms with Crippen molar-refractivity contribution < 1.29 is 9.90 Å². The van der Waals surface area contributed by atoms with Crippen LogP contribution >= 0.6 is 0 Å². The maximum atomic E-state index is 12.1. The Morgan fingerprint density at radius 2 is 2.05 bits per heavy atom. The SMILES string of the molecule is CC(Cn1c(=O)c(=O)[nH]c2c(C(=O)O)cccc21)N(C)C. The first-order valence-electron chi connectivity index (χ1n) is 6.48. The maximum absolute atomic E-state index is 12.1. The normalized spacial score (nSPS) is 12.8. The molecule has 0 saturated carbocycles. The van der Waals surface area contributed by atoms with Crippen LogP contribution in [0.15, 0.2) is 27.8 Å². The number of fused-ring (bicyclic) bond motifs is 1. The average molecular weight is 291 g/mol. The lowest BCUT2D eigenvalue weighted by molar-refractivity contribution is 0.0699. The highest BCUT2D eigenvalue weighted by atomic mass is 16.4. The number of para-hydroxylation sites is 1. The molecule has 1 atom stereocenters. The van der Waals surface area contributed by atoms with Crippen LogP contribution in [0.4, 0.5) is 0 Å². The lowest BCUT2D eigenvalue weighted by atomic mass is 10.1. The van der Waals surface area contributed by atoms with Crippen molar-refractivity contribution in [3.8, 4) is 0 Å². The molecule has 2 rings (SSSR count). The summed E-state index contributed by atoms with van der Waals surface area (Å²) in [6.45, 7) is 2.22. The molecule has 112 valence electrons. The van der Waals surface area contributed by atoms with E-state index in [9.17, 15) is 19.5 Å². The smallest absolute Gasteiger partial charge is 0.337 e. The molecular weight excluding hydrogens is 274 g/mol. The maximum Gasteiger partial charge on any atom is 0.337 e. The van der Waals surface area contributed by atoms with Crippen molar-refractivity contribution in [3.63, 3.8) is 0 Å². The van der Waals surface area contributed by atoms with Gasteiger partial charge in [-0.3, -0.25) is 9.59 Å². The van der Waals surface area contributed by atoms with Crippen LogP contribution in [0.1, 0.15) is 17.3 Å². The van der Waals surface area contributed by atoms with Crippen molar-refractivity contribution in [2.24, 2.45) is 0 Å². The van der Waals surface area contributed by atoms with Gasteiger partial charge in [-0.15, -0.1) is 0 Å². The minimum Gasteiger partial charge on any atom is -0.478 e. The van der Waals surface area contributed by atoms with E-state index in [1.807, 2.05) is 25.9 Å². The van der Waals surface area contributed by atoms with Gasteiger partial charge < -0.3 is 19.6 Å². The molecule has 21 heavy (non-hydrogen) atoms. The lowest BCUT2D eigenvalue weighted by Gasteiger charge is -2.21. The minimum absolute atomic E-state index is 0.0150. The Hall–Kier alpha value is -2.41. The fourth-order valence-electron chi connectivity index (χ4n) is 2.08. The molecule has 0 spiro atoms. The first-order chi connectivity index (χ1) is 9.82. The molecule has 1 heterocycles. The lowest BCUT2D eigenvalue weighted by Crippen LogP contribution is -2.41. The third-order valence-corrected chi connectivity index (χ3v) is 3.57. The van der Waals surface area contributed by atoms with Gasteiger partial charge in [0.15, 0.2) is 0 Å². The number of carboxylic acids is 1. The van der Waals surface area contributed by atoms with Crippen molar-refractivity contribution in [2.45, 2.75) is 19.5 Å². The first-order valence-corrected chi connectivity index (χ1v) is 6.48. The molecule has 7 heteroatoms. The summed E-state index contributed by atoms with van der Waals surface area (Å²) in [5.74, 6) is -1.15. The fourth-order valence-corrected chi connectivity index (χ4v) is 2.08. The third kappa shape index (κ3) is 2.73. The number of H-pyrrole nitrogens is 1. The number of benzene rings is 1. The number of likely N-dealkylation sites (N-methyl/N-ethyl adjacent to an activating group) is 1. The summed E-state index contributed by atoms with van der Waals surface area (Å²) in [6.07, 6.45) is 0. The molecule has 2 N–H and O–H groups in total. The standard InChI is InChI=1S/C14H17N3O4/c1-8(16(2)3)7-17-10-6-4-5-9(14(20)21)11(10)15-12(18)13(17)19/h4-6,8H,7H2,1-3H3,(H,15,18)(H,20,21).